The van der Waals surface area contributed by atoms with Crippen molar-refractivity contribution < 1.29 is 43.9 Å². The largest absolute Gasteiger partial charge is 0.478 e. The second-order valence-electron chi connectivity index (χ2n) is 8.62. The van der Waals surface area contributed by atoms with Gasteiger partial charge in [0.1, 0.15) is 24.4 Å². The smallest absolute Gasteiger partial charge is 0.376 e. The monoisotopic (exact) mass is 487 g/mol. The number of hydrogen-bond acceptors (Lipinski definition) is 11. The van der Waals surface area contributed by atoms with Crippen molar-refractivity contribution in [2.24, 2.45) is 28.1 Å². The van der Waals surface area contributed by atoms with E-state index >= 15 is 0 Å². The Hall–Kier alpha value is -2.94. The number of nitrogens with two attached hydrogens (primary N) is 3. The first-order valence-corrected chi connectivity index (χ1v) is 10.7. The Bertz CT molecular complexity index is 838. The summed E-state index contributed by atoms with van der Waals surface area (Å²) in [4.78, 5) is 40.8. The van der Waals surface area contributed by atoms with E-state index in [2.05, 4.69) is 10.3 Å². The number of carbonyl (C=O) groups is 3. The number of nitrogens with zero attached hydrogens (tertiary/aromatic N) is 1. The van der Waals surface area contributed by atoms with Crippen molar-refractivity contribution in [2.45, 2.75) is 75.8 Å². The number of aliphatic hydroxyl groups excluding tert-OH is 3. The number of hydrogen-bond donors (Lipinski definition) is 7. The first-order valence-electron chi connectivity index (χ1n) is 10.7. The van der Waals surface area contributed by atoms with E-state index in [0.29, 0.717) is 0 Å². The van der Waals surface area contributed by atoms with Crippen LogP contribution >= 0.6 is 0 Å². The molecule has 1 fully saturated rings. The molecule has 34 heavy (non-hydrogen) atoms. The minimum absolute atomic E-state index is 0.199. The van der Waals surface area contributed by atoms with Crippen molar-refractivity contribution in [3.05, 3.63) is 11.8 Å². The number of esters is 2. The summed E-state index contributed by atoms with van der Waals surface area (Å²) < 4.78 is 16.2. The molecule has 6 atom stereocenters. The molecule has 1 amide bonds. The van der Waals surface area contributed by atoms with Gasteiger partial charge in [0.15, 0.2) is 5.96 Å². The van der Waals surface area contributed by atoms with Crippen LogP contribution in [-0.4, -0.2) is 88.0 Å². The van der Waals surface area contributed by atoms with Gasteiger partial charge in [-0.15, -0.1) is 0 Å². The molecule has 0 aromatic heterocycles. The van der Waals surface area contributed by atoms with E-state index in [-0.39, 0.29) is 18.8 Å². The van der Waals surface area contributed by atoms with Crippen LogP contribution in [0.15, 0.2) is 16.8 Å². The molecule has 0 spiro atoms. The standard InChI is InChI=1S/C20H33N5O9/c1-8(2)13(21)18(31)34-20(4-5-20)33-17(30)12-6-10(25-19(22)23)14(24-9(3)27)16(32-12)15(29)11(28)7-26/h6,8,10-11,13-16,26,28-29H,4-5,7,21H2,1-3H3,(H,24,27)(H4,22,23,25)/t10-,11+,13+,14+,15-,16+/m0/s1. The highest BCUT2D eigenvalue weighted by Gasteiger charge is 2.53. The molecule has 0 saturated heterocycles. The van der Waals surface area contributed by atoms with Crippen LogP contribution < -0.4 is 22.5 Å². The maximum absolute atomic E-state index is 12.9. The molecular weight excluding hydrogens is 454 g/mol. The van der Waals surface area contributed by atoms with Crippen LogP contribution in [-0.2, 0) is 28.6 Å². The lowest BCUT2D eigenvalue weighted by molar-refractivity contribution is -0.199. The van der Waals surface area contributed by atoms with E-state index in [0.717, 1.165) is 6.08 Å². The molecule has 14 heteroatoms. The van der Waals surface area contributed by atoms with Crippen LogP contribution in [0.3, 0.4) is 0 Å². The molecule has 1 aliphatic heterocycles. The minimum atomic E-state index is -1.76. The predicted molar refractivity (Wildman–Crippen MR) is 116 cm³/mol. The summed E-state index contributed by atoms with van der Waals surface area (Å²) in [6.45, 7) is 3.83. The molecule has 14 nitrogen and oxygen atoms in total. The Morgan fingerprint density at radius 2 is 1.88 bits per heavy atom. The fourth-order valence-electron chi connectivity index (χ4n) is 3.20. The molecule has 1 saturated carbocycles. The van der Waals surface area contributed by atoms with Crippen molar-refractivity contribution in [3.8, 4) is 0 Å². The van der Waals surface area contributed by atoms with E-state index in [1.165, 1.54) is 6.92 Å². The number of carbonyl (C=O) groups excluding carboxylic acids is 3. The highest BCUT2D eigenvalue weighted by molar-refractivity contribution is 5.88. The van der Waals surface area contributed by atoms with Gasteiger partial charge in [0.2, 0.25) is 11.7 Å². The number of rotatable bonds is 10. The van der Waals surface area contributed by atoms with Crippen molar-refractivity contribution in [3.63, 3.8) is 0 Å². The van der Waals surface area contributed by atoms with Crippen molar-refractivity contribution >= 4 is 23.8 Å². The molecule has 0 aromatic carbocycles. The summed E-state index contributed by atoms with van der Waals surface area (Å²) in [5, 5.41) is 32.2. The van der Waals surface area contributed by atoms with E-state index in [1.54, 1.807) is 13.8 Å². The molecule has 1 heterocycles. The molecule has 0 bridgehead atoms. The minimum Gasteiger partial charge on any atom is -0.478 e. The van der Waals surface area contributed by atoms with Crippen LogP contribution in [0.4, 0.5) is 0 Å². The number of nitrogens with one attached hydrogen (secondary N) is 1. The van der Waals surface area contributed by atoms with Crippen molar-refractivity contribution in [1.82, 2.24) is 5.32 Å². The Morgan fingerprint density at radius 3 is 2.35 bits per heavy atom. The fourth-order valence-corrected chi connectivity index (χ4v) is 3.20. The summed E-state index contributed by atoms with van der Waals surface area (Å²) in [6, 6.07) is -3.14. The lowest BCUT2D eigenvalue weighted by Gasteiger charge is -2.39. The number of amides is 1. The molecule has 2 rings (SSSR count). The zero-order valence-corrected chi connectivity index (χ0v) is 19.2. The number of aliphatic imine (C=N–C) groups is 1. The second-order valence-corrected chi connectivity index (χ2v) is 8.62. The van der Waals surface area contributed by atoms with Crippen LogP contribution in [0, 0.1) is 5.92 Å². The van der Waals surface area contributed by atoms with Gasteiger partial charge < -0.3 is 52.0 Å². The average Bonchev–Trinajstić information content (AvgIpc) is 3.50. The number of ether oxygens (including phenoxy) is 3. The SMILES string of the molecule is CC(=O)N[C@H]1[C@H]([C@@H](O)[C@H](O)CO)OC(C(=O)OC2(OC(=O)[C@H](N)C(C)C)CC2)=C[C@@H]1N=C(N)N. The zero-order valence-electron chi connectivity index (χ0n) is 19.2. The van der Waals surface area contributed by atoms with Gasteiger partial charge in [-0.3, -0.25) is 9.59 Å². The lowest BCUT2D eigenvalue weighted by atomic mass is 9.92. The van der Waals surface area contributed by atoms with Gasteiger partial charge in [-0.2, -0.15) is 0 Å². The Balaban J connectivity index is 2.31. The highest BCUT2D eigenvalue weighted by Crippen LogP contribution is 2.42. The van der Waals surface area contributed by atoms with Crippen molar-refractivity contribution in [1.29, 1.82) is 0 Å². The summed E-state index contributed by atoms with van der Waals surface area (Å²) in [7, 11) is 0. The van der Waals surface area contributed by atoms with Gasteiger partial charge in [-0.1, -0.05) is 13.8 Å². The van der Waals surface area contributed by atoms with Gasteiger partial charge >= 0.3 is 11.9 Å². The van der Waals surface area contributed by atoms with E-state index in [1.807, 2.05) is 0 Å². The number of guanidine groups is 1. The Labute approximate surface area is 196 Å². The summed E-state index contributed by atoms with van der Waals surface area (Å²) in [5.74, 6) is -4.89. The van der Waals surface area contributed by atoms with E-state index in [9.17, 15) is 29.7 Å². The predicted octanol–water partition coefficient (Wildman–Crippen LogP) is -3.31. The average molecular weight is 488 g/mol. The molecule has 1 aliphatic carbocycles. The Kier molecular flexibility index (Phi) is 8.83. The third kappa shape index (κ3) is 6.79. The maximum Gasteiger partial charge on any atom is 0.376 e. The van der Waals surface area contributed by atoms with E-state index < -0.39 is 78.4 Å². The van der Waals surface area contributed by atoms with Gasteiger partial charge in [0, 0.05) is 19.8 Å². The number of aliphatic hydroxyl groups is 3. The normalized spacial score (nSPS) is 25.6. The molecule has 2 aliphatic rings. The topological polar surface area (TPSA) is 242 Å². The lowest BCUT2D eigenvalue weighted by Crippen LogP contribution is -2.60. The molecule has 0 unspecified atom stereocenters. The molecule has 0 aromatic rings. The van der Waals surface area contributed by atoms with Gasteiger partial charge in [0.05, 0.1) is 18.7 Å². The van der Waals surface area contributed by atoms with Crippen LogP contribution in [0.25, 0.3) is 0 Å². The molecule has 192 valence electrons. The molecule has 0 radical (unpaired) electrons. The third-order valence-electron chi connectivity index (χ3n) is 5.31. The second kappa shape index (κ2) is 11.0. The van der Waals surface area contributed by atoms with Crippen LogP contribution in [0.2, 0.25) is 0 Å². The van der Waals surface area contributed by atoms with Crippen LogP contribution in [0.5, 0.6) is 0 Å². The first kappa shape index (κ1) is 27.3. The first-order chi connectivity index (χ1) is 15.8. The van der Waals surface area contributed by atoms with Gasteiger partial charge in [-0.25, -0.2) is 9.79 Å². The molecular formula is C20H33N5O9. The summed E-state index contributed by atoms with van der Waals surface area (Å²) in [5.41, 5.74) is 16.7. The van der Waals surface area contributed by atoms with Crippen molar-refractivity contribution in [2.75, 3.05) is 6.61 Å². The highest BCUT2D eigenvalue weighted by atomic mass is 16.7. The summed E-state index contributed by atoms with van der Waals surface area (Å²) >= 11 is 0. The maximum atomic E-state index is 12.9. The van der Waals surface area contributed by atoms with Gasteiger partial charge in [-0.05, 0) is 12.0 Å². The quantitative estimate of drug-likeness (QED) is 0.0693. The Morgan fingerprint density at radius 1 is 1.26 bits per heavy atom. The molecule has 10 N–H and O–H groups in total. The van der Waals surface area contributed by atoms with Crippen LogP contribution in [0.1, 0.15) is 33.6 Å². The summed E-state index contributed by atoms with van der Waals surface area (Å²) in [6.07, 6.45) is -3.25. The fraction of sp³-hybridized carbons (Fsp3) is 0.700. The van der Waals surface area contributed by atoms with E-state index in [4.69, 9.17) is 31.4 Å². The third-order valence-corrected chi connectivity index (χ3v) is 5.31. The zero-order chi connectivity index (χ0) is 25.8. The van der Waals surface area contributed by atoms with Gasteiger partial charge in [0.25, 0.3) is 5.79 Å².